The molecule has 0 unspecified atom stereocenters. The second-order valence-electron chi connectivity index (χ2n) is 5.85. The number of benzene rings is 2. The SMILES string of the molecule is Cc1ccc(OC[C@H]2CN(C(=O)c3ccccc3Cl)CCO2)cc1. The molecule has 1 heterocycles. The van der Waals surface area contributed by atoms with Gasteiger partial charge in [-0.05, 0) is 31.2 Å². The van der Waals surface area contributed by atoms with Crippen LogP contribution in [0.15, 0.2) is 48.5 Å². The van der Waals surface area contributed by atoms with E-state index in [9.17, 15) is 4.79 Å². The van der Waals surface area contributed by atoms with Crippen molar-refractivity contribution in [2.45, 2.75) is 13.0 Å². The topological polar surface area (TPSA) is 38.8 Å². The number of morpholine rings is 1. The summed E-state index contributed by atoms with van der Waals surface area (Å²) in [5.74, 6) is 0.739. The number of rotatable bonds is 4. The van der Waals surface area contributed by atoms with Crippen LogP contribution in [0.2, 0.25) is 5.02 Å². The third kappa shape index (κ3) is 4.08. The van der Waals surface area contributed by atoms with Gasteiger partial charge < -0.3 is 14.4 Å². The standard InChI is InChI=1S/C19H20ClNO3/c1-14-6-8-15(9-7-14)24-13-16-12-21(10-11-23-16)19(22)17-4-2-3-5-18(17)20/h2-9,16H,10-13H2,1H3/t16-/m1/s1. The normalized spacial score (nSPS) is 17.6. The molecule has 1 amide bonds. The Morgan fingerprint density at radius 3 is 2.75 bits per heavy atom. The molecular weight excluding hydrogens is 326 g/mol. The highest BCUT2D eigenvalue weighted by molar-refractivity contribution is 6.33. The average molecular weight is 346 g/mol. The quantitative estimate of drug-likeness (QED) is 0.850. The van der Waals surface area contributed by atoms with Gasteiger partial charge in [-0.25, -0.2) is 0 Å². The lowest BCUT2D eigenvalue weighted by Crippen LogP contribution is -2.47. The summed E-state index contributed by atoms with van der Waals surface area (Å²) in [6.07, 6.45) is -0.147. The Labute approximate surface area is 146 Å². The van der Waals surface area contributed by atoms with Crippen molar-refractivity contribution in [3.05, 3.63) is 64.7 Å². The fourth-order valence-electron chi connectivity index (χ4n) is 2.63. The van der Waals surface area contributed by atoms with E-state index < -0.39 is 0 Å². The predicted molar refractivity (Wildman–Crippen MR) is 93.8 cm³/mol. The van der Waals surface area contributed by atoms with Crippen LogP contribution in [0.1, 0.15) is 15.9 Å². The molecule has 3 rings (SSSR count). The van der Waals surface area contributed by atoms with E-state index in [2.05, 4.69) is 0 Å². The third-order valence-corrected chi connectivity index (χ3v) is 4.32. The monoisotopic (exact) mass is 345 g/mol. The van der Waals surface area contributed by atoms with Gasteiger partial charge in [0.1, 0.15) is 18.5 Å². The highest BCUT2D eigenvalue weighted by Gasteiger charge is 2.26. The van der Waals surface area contributed by atoms with Gasteiger partial charge in [0.2, 0.25) is 0 Å². The molecule has 2 aromatic rings. The van der Waals surface area contributed by atoms with Crippen LogP contribution in [0.25, 0.3) is 0 Å². The van der Waals surface area contributed by atoms with Crippen LogP contribution < -0.4 is 4.74 Å². The molecule has 0 aromatic heterocycles. The lowest BCUT2D eigenvalue weighted by atomic mass is 10.1. The van der Waals surface area contributed by atoms with E-state index in [4.69, 9.17) is 21.1 Å². The van der Waals surface area contributed by atoms with Crippen molar-refractivity contribution in [2.24, 2.45) is 0 Å². The van der Waals surface area contributed by atoms with Crippen LogP contribution in [0.3, 0.4) is 0 Å². The molecule has 0 bridgehead atoms. The van der Waals surface area contributed by atoms with Crippen molar-refractivity contribution in [2.75, 3.05) is 26.3 Å². The van der Waals surface area contributed by atoms with Crippen LogP contribution in [0.4, 0.5) is 0 Å². The molecule has 0 radical (unpaired) electrons. The van der Waals surface area contributed by atoms with Gasteiger partial charge in [-0.1, -0.05) is 41.4 Å². The molecule has 5 heteroatoms. The van der Waals surface area contributed by atoms with Crippen LogP contribution in [0, 0.1) is 6.92 Å². The molecule has 0 spiro atoms. The zero-order chi connectivity index (χ0) is 16.9. The number of halogens is 1. The lowest BCUT2D eigenvalue weighted by Gasteiger charge is -2.33. The van der Waals surface area contributed by atoms with Crippen molar-refractivity contribution >= 4 is 17.5 Å². The Balaban J connectivity index is 1.59. The highest BCUT2D eigenvalue weighted by atomic mass is 35.5. The Kier molecular flexibility index (Phi) is 5.38. The largest absolute Gasteiger partial charge is 0.491 e. The van der Waals surface area contributed by atoms with Gasteiger partial charge >= 0.3 is 0 Å². The van der Waals surface area contributed by atoms with E-state index in [0.717, 1.165) is 5.75 Å². The van der Waals surface area contributed by atoms with E-state index in [1.54, 1.807) is 17.0 Å². The van der Waals surface area contributed by atoms with Gasteiger partial charge in [0, 0.05) is 6.54 Å². The average Bonchev–Trinajstić information content (AvgIpc) is 2.61. The molecular formula is C19H20ClNO3. The third-order valence-electron chi connectivity index (χ3n) is 3.99. The van der Waals surface area contributed by atoms with Gasteiger partial charge in [-0.15, -0.1) is 0 Å². The molecule has 1 aliphatic rings. The van der Waals surface area contributed by atoms with Gasteiger partial charge in [0.15, 0.2) is 0 Å². The number of nitrogens with zero attached hydrogens (tertiary/aromatic N) is 1. The molecule has 4 nitrogen and oxygen atoms in total. The summed E-state index contributed by atoms with van der Waals surface area (Å²) < 4.78 is 11.5. The maximum absolute atomic E-state index is 12.6. The number of ether oxygens (including phenoxy) is 2. The van der Waals surface area contributed by atoms with Crippen molar-refractivity contribution in [1.82, 2.24) is 4.90 Å². The maximum Gasteiger partial charge on any atom is 0.255 e. The number of hydrogen-bond acceptors (Lipinski definition) is 3. The van der Waals surface area contributed by atoms with Crippen LogP contribution in [-0.2, 0) is 4.74 Å². The zero-order valence-corrected chi connectivity index (χ0v) is 14.3. The van der Waals surface area contributed by atoms with E-state index in [-0.39, 0.29) is 12.0 Å². The minimum Gasteiger partial charge on any atom is -0.491 e. The zero-order valence-electron chi connectivity index (χ0n) is 13.6. The second-order valence-corrected chi connectivity index (χ2v) is 6.26. The highest BCUT2D eigenvalue weighted by Crippen LogP contribution is 2.19. The maximum atomic E-state index is 12.6. The first-order valence-electron chi connectivity index (χ1n) is 7.98. The first-order valence-corrected chi connectivity index (χ1v) is 8.36. The van der Waals surface area contributed by atoms with Gasteiger partial charge in [-0.2, -0.15) is 0 Å². The number of carbonyl (C=O) groups is 1. The van der Waals surface area contributed by atoms with Crippen LogP contribution >= 0.6 is 11.6 Å². The molecule has 0 aliphatic carbocycles. The first kappa shape index (κ1) is 16.8. The summed E-state index contributed by atoms with van der Waals surface area (Å²) in [7, 11) is 0. The van der Waals surface area contributed by atoms with Crippen molar-refractivity contribution in [1.29, 1.82) is 0 Å². The van der Waals surface area contributed by atoms with E-state index in [1.807, 2.05) is 43.3 Å². The fraction of sp³-hybridized carbons (Fsp3) is 0.316. The summed E-state index contributed by atoms with van der Waals surface area (Å²) in [4.78, 5) is 14.4. The Hall–Kier alpha value is -2.04. The molecule has 1 aliphatic heterocycles. The molecule has 1 saturated heterocycles. The summed E-state index contributed by atoms with van der Waals surface area (Å²) in [6.45, 7) is 4.00. The molecule has 126 valence electrons. The predicted octanol–water partition coefficient (Wildman–Crippen LogP) is 3.57. The molecule has 1 atom stereocenters. The summed E-state index contributed by atoms with van der Waals surface area (Å²) in [5, 5.41) is 0.474. The Morgan fingerprint density at radius 2 is 2.00 bits per heavy atom. The van der Waals surface area contributed by atoms with E-state index >= 15 is 0 Å². The summed E-state index contributed by atoms with van der Waals surface area (Å²) in [5.41, 5.74) is 1.71. The minimum absolute atomic E-state index is 0.0655. The summed E-state index contributed by atoms with van der Waals surface area (Å²) >= 11 is 6.13. The van der Waals surface area contributed by atoms with E-state index in [1.165, 1.54) is 5.56 Å². The Morgan fingerprint density at radius 1 is 1.25 bits per heavy atom. The van der Waals surface area contributed by atoms with Crippen LogP contribution in [0.5, 0.6) is 5.75 Å². The fourth-order valence-corrected chi connectivity index (χ4v) is 2.85. The molecule has 0 saturated carbocycles. The lowest BCUT2D eigenvalue weighted by molar-refractivity contribution is -0.0401. The van der Waals surface area contributed by atoms with E-state index in [0.29, 0.717) is 36.9 Å². The minimum atomic E-state index is -0.147. The number of carbonyl (C=O) groups excluding carboxylic acids is 1. The second kappa shape index (κ2) is 7.69. The van der Waals surface area contributed by atoms with Crippen LogP contribution in [-0.4, -0.2) is 43.2 Å². The number of hydrogen-bond donors (Lipinski definition) is 0. The van der Waals surface area contributed by atoms with Gasteiger partial charge in [0.25, 0.3) is 5.91 Å². The van der Waals surface area contributed by atoms with Gasteiger partial charge in [-0.3, -0.25) is 4.79 Å². The van der Waals surface area contributed by atoms with Crippen molar-refractivity contribution < 1.29 is 14.3 Å². The Bertz CT molecular complexity index is 702. The number of aryl methyl sites for hydroxylation is 1. The van der Waals surface area contributed by atoms with Crippen molar-refractivity contribution in [3.63, 3.8) is 0 Å². The molecule has 1 fully saturated rings. The van der Waals surface area contributed by atoms with Crippen molar-refractivity contribution in [3.8, 4) is 5.75 Å². The van der Waals surface area contributed by atoms with Gasteiger partial charge in [0.05, 0.1) is 23.7 Å². The molecule has 24 heavy (non-hydrogen) atoms. The molecule has 0 N–H and O–H groups in total. The summed E-state index contributed by atoms with van der Waals surface area (Å²) in [6, 6.07) is 15.0. The first-order chi connectivity index (χ1) is 11.6. The molecule has 2 aromatic carbocycles. The number of amides is 1. The smallest absolute Gasteiger partial charge is 0.255 e.